The summed E-state index contributed by atoms with van der Waals surface area (Å²) >= 11 is 0. The van der Waals surface area contributed by atoms with Crippen LogP contribution in [-0.4, -0.2) is 26.1 Å². The molecular formula is C21H22FNO4. The first kappa shape index (κ1) is 20.2. The van der Waals surface area contributed by atoms with Crippen molar-refractivity contribution in [2.45, 2.75) is 19.8 Å². The zero-order valence-electron chi connectivity index (χ0n) is 15.5. The normalized spacial score (nSPS) is 11.4. The van der Waals surface area contributed by atoms with Crippen LogP contribution in [0, 0.1) is 5.82 Å². The van der Waals surface area contributed by atoms with Crippen LogP contribution in [0.3, 0.4) is 0 Å². The Morgan fingerprint density at radius 3 is 2.33 bits per heavy atom. The number of carbonyl (C=O) groups is 2. The first-order valence-corrected chi connectivity index (χ1v) is 8.43. The van der Waals surface area contributed by atoms with E-state index >= 15 is 0 Å². The van der Waals surface area contributed by atoms with E-state index in [9.17, 15) is 14.0 Å². The second-order valence-electron chi connectivity index (χ2n) is 5.83. The van der Waals surface area contributed by atoms with Gasteiger partial charge >= 0.3 is 5.97 Å². The summed E-state index contributed by atoms with van der Waals surface area (Å²) in [6.45, 7) is 1.32. The van der Waals surface area contributed by atoms with Crippen molar-refractivity contribution in [3.63, 3.8) is 0 Å². The van der Waals surface area contributed by atoms with E-state index in [2.05, 4.69) is 5.32 Å². The summed E-state index contributed by atoms with van der Waals surface area (Å²) in [7, 11) is 2.59. The van der Waals surface area contributed by atoms with E-state index in [1.54, 1.807) is 6.07 Å². The lowest BCUT2D eigenvalue weighted by Crippen LogP contribution is -2.23. The quantitative estimate of drug-likeness (QED) is 0.598. The van der Waals surface area contributed by atoms with E-state index in [0.717, 1.165) is 5.56 Å². The van der Waals surface area contributed by atoms with E-state index in [0.29, 0.717) is 12.8 Å². The van der Waals surface area contributed by atoms with Gasteiger partial charge in [0.1, 0.15) is 0 Å². The monoisotopic (exact) mass is 371 g/mol. The van der Waals surface area contributed by atoms with Gasteiger partial charge in [0.05, 0.1) is 25.5 Å². The lowest BCUT2D eigenvalue weighted by Gasteiger charge is -2.17. The van der Waals surface area contributed by atoms with Crippen LogP contribution in [0.25, 0.3) is 5.70 Å². The number of carbonyl (C=O) groups excluding carboxylic acids is 2. The summed E-state index contributed by atoms with van der Waals surface area (Å²) in [6.07, 6.45) is 0.845. The van der Waals surface area contributed by atoms with Gasteiger partial charge in [0.2, 0.25) is 5.91 Å². The molecule has 1 amide bonds. The molecule has 0 aliphatic carbocycles. The molecule has 0 unspecified atom stereocenters. The van der Waals surface area contributed by atoms with Gasteiger partial charge in [-0.1, -0.05) is 36.4 Å². The third-order valence-electron chi connectivity index (χ3n) is 3.98. The van der Waals surface area contributed by atoms with Crippen LogP contribution in [0.5, 0.6) is 5.75 Å². The molecule has 0 spiro atoms. The fourth-order valence-electron chi connectivity index (χ4n) is 2.76. The molecule has 0 saturated heterocycles. The zero-order valence-corrected chi connectivity index (χ0v) is 15.5. The van der Waals surface area contributed by atoms with Crippen LogP contribution in [-0.2, 0) is 20.7 Å². The van der Waals surface area contributed by atoms with Gasteiger partial charge in [-0.25, -0.2) is 9.18 Å². The molecule has 0 aromatic heterocycles. The number of rotatable bonds is 7. The van der Waals surface area contributed by atoms with Crippen molar-refractivity contribution in [3.05, 3.63) is 71.0 Å². The third kappa shape index (κ3) is 5.17. The van der Waals surface area contributed by atoms with Crippen molar-refractivity contribution in [2.75, 3.05) is 14.2 Å². The number of hydrogen-bond donors (Lipinski definition) is 1. The van der Waals surface area contributed by atoms with Crippen molar-refractivity contribution < 1.29 is 23.5 Å². The molecule has 0 aliphatic heterocycles. The Labute approximate surface area is 157 Å². The van der Waals surface area contributed by atoms with Crippen molar-refractivity contribution in [3.8, 4) is 5.75 Å². The number of benzene rings is 2. The Kier molecular flexibility index (Phi) is 7.11. The summed E-state index contributed by atoms with van der Waals surface area (Å²) in [5.41, 5.74) is 1.72. The number of hydrogen-bond acceptors (Lipinski definition) is 4. The predicted molar refractivity (Wildman–Crippen MR) is 100 cm³/mol. The maximum atomic E-state index is 14.2. The molecule has 142 valence electrons. The second kappa shape index (κ2) is 9.52. The lowest BCUT2D eigenvalue weighted by atomic mass is 9.98. The van der Waals surface area contributed by atoms with Crippen LogP contribution < -0.4 is 10.1 Å². The van der Waals surface area contributed by atoms with Crippen molar-refractivity contribution in [2.24, 2.45) is 0 Å². The summed E-state index contributed by atoms with van der Waals surface area (Å²) in [5, 5.41) is 2.64. The molecule has 27 heavy (non-hydrogen) atoms. The van der Waals surface area contributed by atoms with E-state index < -0.39 is 17.7 Å². The molecular weight excluding hydrogens is 349 g/mol. The highest BCUT2D eigenvalue weighted by Crippen LogP contribution is 2.31. The number of aryl methyl sites for hydroxylation is 1. The molecule has 0 saturated carbocycles. The van der Waals surface area contributed by atoms with E-state index in [-0.39, 0.29) is 22.6 Å². The van der Waals surface area contributed by atoms with Crippen LogP contribution in [0.1, 0.15) is 24.5 Å². The Morgan fingerprint density at radius 2 is 1.74 bits per heavy atom. The minimum atomic E-state index is -0.596. The van der Waals surface area contributed by atoms with Crippen LogP contribution >= 0.6 is 0 Å². The van der Waals surface area contributed by atoms with Crippen molar-refractivity contribution in [1.82, 2.24) is 5.32 Å². The molecule has 0 bridgehead atoms. The minimum absolute atomic E-state index is 0.0534. The van der Waals surface area contributed by atoms with E-state index in [1.807, 2.05) is 30.3 Å². The third-order valence-corrected chi connectivity index (χ3v) is 3.98. The Morgan fingerprint density at radius 1 is 1.04 bits per heavy atom. The average molecular weight is 371 g/mol. The average Bonchev–Trinajstić information content (AvgIpc) is 2.67. The zero-order chi connectivity index (χ0) is 19.8. The lowest BCUT2D eigenvalue weighted by molar-refractivity contribution is -0.136. The molecule has 0 atom stereocenters. The first-order chi connectivity index (χ1) is 13.0. The van der Waals surface area contributed by atoms with Gasteiger partial charge < -0.3 is 14.8 Å². The second-order valence-corrected chi connectivity index (χ2v) is 5.83. The van der Waals surface area contributed by atoms with Crippen LogP contribution in [0.4, 0.5) is 4.39 Å². The fourth-order valence-corrected chi connectivity index (χ4v) is 2.76. The first-order valence-electron chi connectivity index (χ1n) is 8.43. The number of nitrogens with one attached hydrogen (secondary N) is 1. The molecule has 0 radical (unpaired) electrons. The number of esters is 1. The molecule has 5 nitrogen and oxygen atoms in total. The maximum absolute atomic E-state index is 14.2. The topological polar surface area (TPSA) is 64.6 Å². The van der Waals surface area contributed by atoms with Crippen molar-refractivity contribution >= 4 is 17.6 Å². The molecule has 6 heteroatoms. The maximum Gasteiger partial charge on any atom is 0.335 e. The summed E-state index contributed by atoms with van der Waals surface area (Å²) in [4.78, 5) is 24.2. The van der Waals surface area contributed by atoms with Gasteiger partial charge in [0.25, 0.3) is 0 Å². The number of para-hydroxylation sites is 1. The Bertz CT molecular complexity index is 847. The fraction of sp³-hybridized carbons (Fsp3) is 0.238. The highest BCUT2D eigenvalue weighted by atomic mass is 19.1. The molecule has 0 fully saturated rings. The number of halogens is 1. The van der Waals surface area contributed by atoms with Gasteiger partial charge in [-0.3, -0.25) is 4.79 Å². The molecule has 0 heterocycles. The standard InChI is InChI=1S/C21H22FNO4/c1-14(24)23-19(16-10-7-11-18(22)20(16)26-2)17(21(25)27-3)13-12-15-8-5-4-6-9-15/h4-11H,12-13H2,1-3H3,(H,23,24)/b19-17-. The Hall–Kier alpha value is -3.15. The Balaban J connectivity index is 2.57. The van der Waals surface area contributed by atoms with Gasteiger partial charge in [0.15, 0.2) is 11.6 Å². The summed E-state index contributed by atoms with van der Waals surface area (Å²) in [6, 6.07) is 13.9. The smallest absolute Gasteiger partial charge is 0.335 e. The van der Waals surface area contributed by atoms with E-state index in [4.69, 9.17) is 9.47 Å². The number of ether oxygens (including phenoxy) is 2. The summed E-state index contributed by atoms with van der Waals surface area (Å²) < 4.78 is 24.2. The molecule has 0 aliphatic rings. The molecule has 2 aromatic carbocycles. The number of methoxy groups -OCH3 is 2. The number of amides is 1. The van der Waals surface area contributed by atoms with E-state index in [1.165, 1.54) is 33.3 Å². The van der Waals surface area contributed by atoms with Gasteiger partial charge in [0, 0.05) is 12.5 Å². The highest BCUT2D eigenvalue weighted by Gasteiger charge is 2.22. The molecule has 1 N–H and O–H groups in total. The molecule has 2 rings (SSSR count). The van der Waals surface area contributed by atoms with Crippen LogP contribution in [0.2, 0.25) is 0 Å². The predicted octanol–water partition coefficient (Wildman–Crippen LogP) is 3.49. The van der Waals surface area contributed by atoms with Crippen molar-refractivity contribution in [1.29, 1.82) is 0 Å². The highest BCUT2D eigenvalue weighted by molar-refractivity contribution is 6.01. The minimum Gasteiger partial charge on any atom is -0.493 e. The summed E-state index contributed by atoms with van der Waals surface area (Å²) in [5.74, 6) is -1.63. The van der Waals surface area contributed by atoms with Crippen LogP contribution in [0.15, 0.2) is 54.1 Å². The van der Waals surface area contributed by atoms with Gasteiger partial charge in [-0.2, -0.15) is 0 Å². The SMILES string of the molecule is COC(=O)/C(CCc1ccccc1)=C(\NC(C)=O)c1cccc(F)c1OC. The largest absolute Gasteiger partial charge is 0.493 e. The molecule has 2 aromatic rings. The van der Waals surface area contributed by atoms with Gasteiger partial charge in [-0.05, 0) is 30.5 Å². The van der Waals surface area contributed by atoms with Gasteiger partial charge in [-0.15, -0.1) is 0 Å².